The molecule has 0 saturated heterocycles. The number of carbonyl (C=O) groups excluding carboxylic acids is 4. The van der Waals surface area contributed by atoms with E-state index >= 15 is 0 Å². The van der Waals surface area contributed by atoms with Crippen molar-refractivity contribution in [2.75, 3.05) is 0 Å². The smallest absolute Gasteiger partial charge is 0.370 e. The van der Waals surface area contributed by atoms with E-state index < -0.39 is 0 Å². The molecule has 0 aliphatic rings. The van der Waals surface area contributed by atoms with E-state index in [4.69, 9.17) is 0 Å². The minimum atomic E-state index is -0.333. The first kappa shape index (κ1) is 36.0. The second-order valence-corrected chi connectivity index (χ2v) is 2.44. The Hall–Kier alpha value is -0.873. The summed E-state index contributed by atoms with van der Waals surface area (Å²) in [6, 6.07) is 0. The predicted molar refractivity (Wildman–Crippen MR) is 59.5 cm³/mol. The Morgan fingerprint density at radius 2 is 0.500 bits per heavy atom. The Balaban J connectivity index is -0.0000000257. The average molecular weight is 442 g/mol. The molecule has 0 aromatic heterocycles. The number of hydrogen-bond donors (Lipinski definition) is 4. The molecule has 0 fully saturated rings. The van der Waals surface area contributed by atoms with Crippen molar-refractivity contribution in [2.45, 2.75) is 27.7 Å². The van der Waals surface area contributed by atoms with E-state index in [1.54, 1.807) is 0 Å². The van der Waals surface area contributed by atoms with E-state index in [0.29, 0.717) is 0 Å². The van der Waals surface area contributed by atoms with Gasteiger partial charge in [0.25, 0.3) is 0 Å². The first-order valence-electron chi connectivity index (χ1n) is 3.97. The van der Waals surface area contributed by atoms with Gasteiger partial charge in [-0.3, -0.25) is 19.2 Å². The number of amides is 4. The van der Waals surface area contributed by atoms with Gasteiger partial charge < -0.3 is 22.9 Å². The third-order valence-corrected chi connectivity index (χ3v) is 0. The zero-order valence-electron chi connectivity index (χ0n) is 10.6. The molecule has 0 saturated carbocycles. The minimum Gasteiger partial charge on any atom is -0.370 e. The molecule has 18 heavy (non-hydrogen) atoms. The van der Waals surface area contributed by atoms with Crippen LogP contribution in [-0.2, 0) is 58.1 Å². The second kappa shape index (κ2) is 29.8. The molecule has 0 unspecified atom stereocenters. The standard InChI is InChI=1S/4C2H5NO.2Rh/c4*1-2(3)4;;/h4*1H3,(H2,3,4);;/q;;;;2*+2. The maximum Gasteiger partial charge on any atom is 2.00 e. The number of hydrogen-bond acceptors (Lipinski definition) is 4. The fourth-order valence-corrected chi connectivity index (χ4v) is 0. The molecule has 0 rings (SSSR count). The van der Waals surface area contributed by atoms with Gasteiger partial charge in [-0.15, -0.1) is 0 Å². The minimum absolute atomic E-state index is 0. The molecule has 4 amide bonds. The monoisotopic (exact) mass is 442 g/mol. The van der Waals surface area contributed by atoms with Crippen molar-refractivity contribution >= 4 is 23.6 Å². The van der Waals surface area contributed by atoms with Crippen LogP contribution in [0.1, 0.15) is 27.7 Å². The number of primary amides is 4. The van der Waals surface area contributed by atoms with Gasteiger partial charge in [0.2, 0.25) is 23.6 Å². The summed E-state index contributed by atoms with van der Waals surface area (Å²) in [5, 5.41) is 0. The molecule has 10 heteroatoms. The van der Waals surface area contributed by atoms with Crippen LogP contribution in [-0.4, -0.2) is 23.6 Å². The van der Waals surface area contributed by atoms with Gasteiger partial charge in [0.05, 0.1) is 0 Å². The molecule has 0 aromatic carbocycles. The zero-order valence-corrected chi connectivity index (χ0v) is 13.9. The summed E-state index contributed by atoms with van der Waals surface area (Å²) < 4.78 is 0. The first-order chi connectivity index (χ1) is 6.93. The molecule has 8 N–H and O–H groups in total. The quantitative estimate of drug-likeness (QED) is 0.317. The summed E-state index contributed by atoms with van der Waals surface area (Å²) >= 11 is 0. The fraction of sp³-hybridized carbons (Fsp3) is 0.500. The van der Waals surface area contributed by atoms with Crippen molar-refractivity contribution in [1.29, 1.82) is 0 Å². The topological polar surface area (TPSA) is 172 Å². The molecule has 2 radical (unpaired) electrons. The summed E-state index contributed by atoms with van der Waals surface area (Å²) in [6.07, 6.45) is 0. The van der Waals surface area contributed by atoms with Crippen molar-refractivity contribution in [2.24, 2.45) is 22.9 Å². The summed E-state index contributed by atoms with van der Waals surface area (Å²) in [7, 11) is 0. The largest absolute Gasteiger partial charge is 2.00 e. The number of rotatable bonds is 0. The normalized spacial score (nSPS) is 5.56. The third-order valence-electron chi connectivity index (χ3n) is 0. The summed E-state index contributed by atoms with van der Waals surface area (Å²) in [4.78, 5) is 36.9. The molecule has 0 atom stereocenters. The van der Waals surface area contributed by atoms with E-state index in [1.165, 1.54) is 27.7 Å². The molecular formula is C8H20N4O4Rh2+4. The van der Waals surface area contributed by atoms with E-state index in [1.807, 2.05) is 0 Å². The summed E-state index contributed by atoms with van der Waals surface area (Å²) in [5.41, 5.74) is 17.9. The average Bonchev–Trinajstić information content (AvgIpc) is 1.76. The first-order valence-corrected chi connectivity index (χ1v) is 3.97. The summed E-state index contributed by atoms with van der Waals surface area (Å²) in [6.45, 7) is 5.22. The van der Waals surface area contributed by atoms with Crippen LogP contribution in [0.4, 0.5) is 0 Å². The van der Waals surface area contributed by atoms with Crippen molar-refractivity contribution in [1.82, 2.24) is 0 Å². The van der Waals surface area contributed by atoms with E-state index in [0.717, 1.165) is 0 Å². The maximum absolute atomic E-state index is 9.22. The molecule has 110 valence electrons. The summed E-state index contributed by atoms with van der Waals surface area (Å²) in [5.74, 6) is -1.33. The number of carbonyl (C=O) groups is 4. The number of nitrogens with two attached hydrogens (primary N) is 4. The van der Waals surface area contributed by atoms with Crippen molar-refractivity contribution in [3.05, 3.63) is 0 Å². The Kier molecular flexibility index (Phi) is 59.6. The van der Waals surface area contributed by atoms with Crippen LogP contribution < -0.4 is 22.9 Å². The Morgan fingerprint density at radius 1 is 0.500 bits per heavy atom. The fourth-order valence-electron chi connectivity index (χ4n) is 0. The SMILES string of the molecule is CC(N)=O.CC(N)=O.CC(N)=O.CC(N)=O.[Rh+2].[Rh+2]. The van der Waals surface area contributed by atoms with E-state index in [9.17, 15) is 19.2 Å². The molecule has 0 bridgehead atoms. The van der Waals surface area contributed by atoms with Gasteiger partial charge in [0.1, 0.15) is 0 Å². The van der Waals surface area contributed by atoms with Crippen LogP contribution in [0, 0.1) is 0 Å². The van der Waals surface area contributed by atoms with E-state index in [-0.39, 0.29) is 62.6 Å². The van der Waals surface area contributed by atoms with Crippen molar-refractivity contribution in [3.8, 4) is 0 Å². The maximum atomic E-state index is 9.22. The van der Waals surface area contributed by atoms with E-state index in [2.05, 4.69) is 22.9 Å². The van der Waals surface area contributed by atoms with Crippen LogP contribution in [0.3, 0.4) is 0 Å². The Labute approximate surface area is 132 Å². The van der Waals surface area contributed by atoms with Crippen LogP contribution in [0.15, 0.2) is 0 Å². The third kappa shape index (κ3) is 3960. The van der Waals surface area contributed by atoms with Crippen LogP contribution in [0.25, 0.3) is 0 Å². The molecule has 0 spiro atoms. The molecule has 0 aliphatic heterocycles. The molecular weight excluding hydrogens is 422 g/mol. The van der Waals surface area contributed by atoms with Gasteiger partial charge in [0.15, 0.2) is 0 Å². The van der Waals surface area contributed by atoms with Gasteiger partial charge >= 0.3 is 39.0 Å². The van der Waals surface area contributed by atoms with Crippen LogP contribution in [0.5, 0.6) is 0 Å². The zero-order chi connectivity index (χ0) is 14.3. The van der Waals surface area contributed by atoms with Gasteiger partial charge in [-0.2, -0.15) is 0 Å². The van der Waals surface area contributed by atoms with Gasteiger partial charge in [0, 0.05) is 27.7 Å². The Morgan fingerprint density at radius 3 is 0.500 bits per heavy atom. The second-order valence-electron chi connectivity index (χ2n) is 2.44. The van der Waals surface area contributed by atoms with Crippen LogP contribution in [0.2, 0.25) is 0 Å². The van der Waals surface area contributed by atoms with Crippen molar-refractivity contribution < 1.29 is 58.1 Å². The van der Waals surface area contributed by atoms with Gasteiger partial charge in [-0.1, -0.05) is 0 Å². The predicted octanol–water partition coefficient (Wildman–Crippen LogP) is -2.04. The van der Waals surface area contributed by atoms with Crippen molar-refractivity contribution in [3.63, 3.8) is 0 Å². The molecule has 8 nitrogen and oxygen atoms in total. The van der Waals surface area contributed by atoms with Gasteiger partial charge in [-0.05, 0) is 0 Å². The Bertz CT molecular complexity index is 173. The van der Waals surface area contributed by atoms with Crippen LogP contribution >= 0.6 is 0 Å². The molecule has 0 aliphatic carbocycles. The molecule has 0 aromatic rings. The van der Waals surface area contributed by atoms with Gasteiger partial charge in [-0.25, -0.2) is 0 Å². The molecule has 0 heterocycles.